The molecule has 1 rings (SSSR count). The normalized spacial score (nSPS) is 9.75. The molecule has 0 aliphatic heterocycles. The van der Waals surface area contributed by atoms with Crippen LogP contribution in [0.25, 0.3) is 0 Å². The van der Waals surface area contributed by atoms with E-state index in [4.69, 9.17) is 21.2 Å². The third-order valence-corrected chi connectivity index (χ3v) is 1.43. The molecule has 0 saturated heterocycles. The van der Waals surface area contributed by atoms with E-state index in [-0.39, 0.29) is 12.4 Å². The number of hydrogen-bond acceptors (Lipinski definition) is 3. The minimum absolute atomic E-state index is 0.110. The maximum atomic E-state index is 10.0. The van der Waals surface area contributed by atoms with Crippen molar-refractivity contribution < 1.29 is 14.4 Å². The van der Waals surface area contributed by atoms with Crippen LogP contribution in [0.4, 0.5) is 4.79 Å². The zero-order valence-corrected chi connectivity index (χ0v) is 6.84. The van der Waals surface area contributed by atoms with Crippen LogP contribution in [0.3, 0.4) is 0 Å². The first kappa shape index (κ1) is 8.86. The van der Waals surface area contributed by atoms with Gasteiger partial charge in [-0.15, -0.1) is 11.6 Å². The van der Waals surface area contributed by atoms with Gasteiger partial charge in [-0.05, 0) is 0 Å². The summed E-state index contributed by atoms with van der Waals surface area (Å²) in [6, 6.07) is 1.60. The van der Waals surface area contributed by atoms with Crippen molar-refractivity contribution in [3.05, 3.63) is 17.5 Å². The van der Waals surface area contributed by atoms with Gasteiger partial charge in [-0.25, -0.2) is 4.79 Å². The first-order valence-corrected chi connectivity index (χ1v) is 3.73. The largest absolute Gasteiger partial charge is 0.465 e. The van der Waals surface area contributed by atoms with Gasteiger partial charge in [-0.3, -0.25) is 0 Å². The Hall–Kier alpha value is -1.23. The Bertz CT molecular complexity index is 274. The summed E-state index contributed by atoms with van der Waals surface area (Å²) in [5.74, 6) is 0.712. The smallest absolute Gasteiger partial charge is 0.405 e. The average molecular weight is 191 g/mol. The number of aromatic nitrogens is 1. The Morgan fingerprint density at radius 1 is 1.83 bits per heavy atom. The molecule has 0 aliphatic carbocycles. The fourth-order valence-electron chi connectivity index (χ4n) is 0.665. The van der Waals surface area contributed by atoms with E-state index in [2.05, 4.69) is 10.5 Å². The fraction of sp³-hybridized carbons (Fsp3) is 0.333. The summed E-state index contributed by atoms with van der Waals surface area (Å²) in [7, 11) is 0. The molecule has 0 saturated carbocycles. The molecule has 0 bridgehead atoms. The lowest BCUT2D eigenvalue weighted by atomic mass is 10.4. The number of nitrogens with one attached hydrogen (secondary N) is 1. The SMILES string of the molecule is O=C(O)NCc1cc(CCl)no1. The molecule has 1 aromatic heterocycles. The molecule has 0 atom stereocenters. The number of hydrogen-bond donors (Lipinski definition) is 2. The number of rotatable bonds is 3. The molecule has 12 heavy (non-hydrogen) atoms. The molecular formula is C6H7ClN2O3. The molecule has 6 heteroatoms. The topological polar surface area (TPSA) is 75.4 Å². The summed E-state index contributed by atoms with van der Waals surface area (Å²) in [6.45, 7) is 0.110. The second-order valence-electron chi connectivity index (χ2n) is 2.08. The standard InChI is InChI=1S/C6H7ClN2O3/c7-2-4-1-5(12-9-4)3-8-6(10)11/h1,8H,2-3H2,(H,10,11). The minimum atomic E-state index is -1.10. The second kappa shape index (κ2) is 3.96. The number of halogens is 1. The maximum absolute atomic E-state index is 10.0. The average Bonchev–Trinajstić information content (AvgIpc) is 2.48. The Morgan fingerprint density at radius 2 is 2.58 bits per heavy atom. The van der Waals surface area contributed by atoms with Gasteiger partial charge in [-0.1, -0.05) is 5.16 Å². The monoisotopic (exact) mass is 190 g/mol. The molecule has 66 valence electrons. The van der Waals surface area contributed by atoms with Crippen LogP contribution in [0, 0.1) is 0 Å². The van der Waals surface area contributed by atoms with Crippen molar-refractivity contribution in [2.75, 3.05) is 0 Å². The molecule has 2 N–H and O–H groups in total. The van der Waals surface area contributed by atoms with Gasteiger partial charge in [0.1, 0.15) is 0 Å². The van der Waals surface area contributed by atoms with E-state index < -0.39 is 6.09 Å². The zero-order chi connectivity index (χ0) is 8.97. The van der Waals surface area contributed by atoms with Crippen molar-refractivity contribution in [3.8, 4) is 0 Å². The van der Waals surface area contributed by atoms with Crippen LogP contribution >= 0.6 is 11.6 Å². The van der Waals surface area contributed by atoms with Gasteiger partial charge >= 0.3 is 6.09 Å². The number of amides is 1. The van der Waals surface area contributed by atoms with E-state index in [9.17, 15) is 4.79 Å². The summed E-state index contributed by atoms with van der Waals surface area (Å²) in [6.07, 6.45) is -1.10. The van der Waals surface area contributed by atoms with Crippen LogP contribution in [0.15, 0.2) is 10.6 Å². The molecule has 0 aromatic carbocycles. The van der Waals surface area contributed by atoms with Gasteiger partial charge in [-0.2, -0.15) is 0 Å². The van der Waals surface area contributed by atoms with Crippen LogP contribution in [-0.4, -0.2) is 16.4 Å². The van der Waals surface area contributed by atoms with Crippen molar-refractivity contribution in [1.29, 1.82) is 0 Å². The predicted octanol–water partition coefficient (Wildman–Crippen LogP) is 1.18. The summed E-state index contributed by atoms with van der Waals surface area (Å²) >= 11 is 5.44. The lowest BCUT2D eigenvalue weighted by Crippen LogP contribution is -2.19. The zero-order valence-electron chi connectivity index (χ0n) is 6.08. The van der Waals surface area contributed by atoms with E-state index in [1.54, 1.807) is 6.07 Å². The Labute approximate surface area is 73.3 Å². The Balaban J connectivity index is 2.47. The highest BCUT2D eigenvalue weighted by molar-refractivity contribution is 6.16. The predicted molar refractivity (Wildman–Crippen MR) is 40.9 cm³/mol. The molecular weight excluding hydrogens is 184 g/mol. The molecule has 0 radical (unpaired) electrons. The summed E-state index contributed by atoms with van der Waals surface area (Å²) in [5, 5.41) is 14.0. The molecule has 0 aliphatic rings. The number of carboxylic acid groups (broad SMARTS) is 1. The van der Waals surface area contributed by atoms with E-state index >= 15 is 0 Å². The highest BCUT2D eigenvalue weighted by Crippen LogP contribution is 2.05. The van der Waals surface area contributed by atoms with Crippen LogP contribution < -0.4 is 5.32 Å². The quantitative estimate of drug-likeness (QED) is 0.702. The number of alkyl halides is 1. The highest BCUT2D eigenvalue weighted by atomic mass is 35.5. The van der Waals surface area contributed by atoms with Crippen molar-refractivity contribution in [2.45, 2.75) is 12.4 Å². The van der Waals surface area contributed by atoms with E-state index in [1.165, 1.54) is 0 Å². The van der Waals surface area contributed by atoms with Gasteiger partial charge in [0.25, 0.3) is 0 Å². The van der Waals surface area contributed by atoms with Gasteiger partial charge < -0.3 is 14.9 Å². The summed E-state index contributed by atoms with van der Waals surface area (Å²) < 4.78 is 4.75. The Kier molecular flexibility index (Phi) is 2.93. The van der Waals surface area contributed by atoms with Crippen LogP contribution in [0.1, 0.15) is 11.5 Å². The molecule has 0 fully saturated rings. The number of carbonyl (C=O) groups is 1. The van der Waals surface area contributed by atoms with Crippen LogP contribution in [-0.2, 0) is 12.4 Å². The van der Waals surface area contributed by atoms with Crippen molar-refractivity contribution in [1.82, 2.24) is 10.5 Å². The van der Waals surface area contributed by atoms with E-state index in [1.807, 2.05) is 0 Å². The first-order valence-electron chi connectivity index (χ1n) is 3.19. The molecule has 1 amide bonds. The van der Waals surface area contributed by atoms with Crippen molar-refractivity contribution in [3.63, 3.8) is 0 Å². The third-order valence-electron chi connectivity index (χ3n) is 1.16. The van der Waals surface area contributed by atoms with Crippen molar-refractivity contribution in [2.24, 2.45) is 0 Å². The maximum Gasteiger partial charge on any atom is 0.405 e. The molecule has 0 spiro atoms. The van der Waals surface area contributed by atoms with Gasteiger partial charge in [0.2, 0.25) is 0 Å². The number of nitrogens with zero attached hydrogens (tertiary/aromatic N) is 1. The fourth-order valence-corrected chi connectivity index (χ4v) is 0.791. The van der Waals surface area contributed by atoms with Gasteiger partial charge in [0.15, 0.2) is 5.76 Å². The highest BCUT2D eigenvalue weighted by Gasteiger charge is 2.03. The molecule has 0 unspecified atom stereocenters. The Morgan fingerprint density at radius 3 is 3.08 bits per heavy atom. The minimum Gasteiger partial charge on any atom is -0.465 e. The second-order valence-corrected chi connectivity index (χ2v) is 2.34. The lowest BCUT2D eigenvalue weighted by Gasteiger charge is -1.92. The van der Waals surface area contributed by atoms with Crippen LogP contribution in [0.2, 0.25) is 0 Å². The third kappa shape index (κ3) is 2.43. The van der Waals surface area contributed by atoms with Crippen LogP contribution in [0.5, 0.6) is 0 Å². The first-order chi connectivity index (χ1) is 5.72. The van der Waals surface area contributed by atoms with Crippen molar-refractivity contribution >= 4 is 17.7 Å². The lowest BCUT2D eigenvalue weighted by molar-refractivity contribution is 0.192. The molecule has 5 nitrogen and oxygen atoms in total. The van der Waals surface area contributed by atoms with E-state index in [0.29, 0.717) is 11.5 Å². The van der Waals surface area contributed by atoms with E-state index in [0.717, 1.165) is 0 Å². The molecule has 1 heterocycles. The molecule has 1 aromatic rings. The van der Waals surface area contributed by atoms with Gasteiger partial charge in [0.05, 0.1) is 18.1 Å². The summed E-state index contributed by atoms with van der Waals surface area (Å²) in [4.78, 5) is 10.0. The van der Waals surface area contributed by atoms with Gasteiger partial charge in [0, 0.05) is 6.07 Å². The summed E-state index contributed by atoms with van der Waals surface area (Å²) in [5.41, 5.74) is 0.596.